The minimum Gasteiger partial charge on any atom is -0.375 e. The summed E-state index contributed by atoms with van der Waals surface area (Å²) in [5.74, 6) is 9.36. The second-order valence-corrected chi connectivity index (χ2v) is 10.2. The predicted octanol–water partition coefficient (Wildman–Crippen LogP) is 0.945. The lowest BCUT2D eigenvalue weighted by atomic mass is 9.75. The predicted molar refractivity (Wildman–Crippen MR) is 85.8 cm³/mol. The summed E-state index contributed by atoms with van der Waals surface area (Å²) in [6.07, 6.45) is 5.00. The van der Waals surface area contributed by atoms with Gasteiger partial charge in [0.15, 0.2) is 9.84 Å². The Kier molecular flexibility index (Phi) is 4.86. The summed E-state index contributed by atoms with van der Waals surface area (Å²) >= 11 is 2.00. The van der Waals surface area contributed by atoms with Gasteiger partial charge in [-0.25, -0.2) is 8.42 Å². The number of thioether (sulfide) groups is 1. The van der Waals surface area contributed by atoms with Crippen molar-refractivity contribution in [3.63, 3.8) is 0 Å². The van der Waals surface area contributed by atoms with E-state index < -0.39 is 9.84 Å². The fourth-order valence-corrected chi connectivity index (χ4v) is 7.32. The minimum atomic E-state index is -2.85. The molecule has 3 saturated heterocycles. The topological polar surface area (TPSA) is 81.4 Å². The number of hydrogen-bond acceptors (Lipinski definition) is 6. The van der Waals surface area contributed by atoms with Crippen molar-refractivity contribution in [1.29, 1.82) is 0 Å². The highest BCUT2D eigenvalue weighted by Gasteiger charge is 2.44. The Hall–Kier alpha value is 0.180. The third-order valence-electron chi connectivity index (χ3n) is 5.41. The van der Waals surface area contributed by atoms with Crippen LogP contribution in [0.1, 0.15) is 32.1 Å². The first-order chi connectivity index (χ1) is 10.0. The SMILES string of the molecule is NNC(C1CCOC2(CCSCC2)C1)C1CCS(=O)(=O)C1. The highest BCUT2D eigenvalue weighted by Crippen LogP contribution is 2.42. The molecule has 3 fully saturated rings. The van der Waals surface area contributed by atoms with Crippen LogP contribution in [0.25, 0.3) is 0 Å². The fraction of sp³-hybridized carbons (Fsp3) is 1.00. The summed E-state index contributed by atoms with van der Waals surface area (Å²) < 4.78 is 29.6. The largest absolute Gasteiger partial charge is 0.375 e. The Bertz CT molecular complexity index is 457. The average molecular weight is 335 g/mol. The van der Waals surface area contributed by atoms with E-state index in [1.165, 1.54) is 11.5 Å². The molecule has 3 atom stereocenters. The number of sulfone groups is 1. The Morgan fingerprint density at radius 2 is 2.00 bits per heavy atom. The molecule has 3 aliphatic rings. The zero-order valence-electron chi connectivity index (χ0n) is 12.4. The van der Waals surface area contributed by atoms with Crippen LogP contribution in [-0.4, -0.2) is 49.7 Å². The van der Waals surface area contributed by atoms with E-state index in [4.69, 9.17) is 10.6 Å². The molecular formula is C14H26N2O3S2. The number of nitrogens with one attached hydrogen (secondary N) is 1. The van der Waals surface area contributed by atoms with Crippen molar-refractivity contribution < 1.29 is 13.2 Å². The first kappa shape index (κ1) is 16.1. The van der Waals surface area contributed by atoms with E-state index in [-0.39, 0.29) is 17.6 Å². The second kappa shape index (κ2) is 6.35. The zero-order chi connectivity index (χ0) is 14.9. The molecule has 0 aromatic rings. The first-order valence-electron chi connectivity index (χ1n) is 7.92. The van der Waals surface area contributed by atoms with Crippen LogP contribution in [-0.2, 0) is 14.6 Å². The van der Waals surface area contributed by atoms with Gasteiger partial charge in [-0.15, -0.1) is 0 Å². The molecule has 5 nitrogen and oxygen atoms in total. The number of nitrogens with two attached hydrogens (primary N) is 1. The number of hydrogen-bond donors (Lipinski definition) is 2. The second-order valence-electron chi connectivity index (χ2n) is 6.75. The molecule has 0 aliphatic carbocycles. The standard InChI is InChI=1S/C14H26N2O3S2/c15-16-13(12-2-8-21(17,18)10-12)11-1-5-19-14(9-11)3-6-20-7-4-14/h11-13,16H,1-10,15H2. The van der Waals surface area contributed by atoms with E-state index >= 15 is 0 Å². The molecule has 21 heavy (non-hydrogen) atoms. The van der Waals surface area contributed by atoms with E-state index in [0.717, 1.165) is 38.7 Å². The molecule has 0 radical (unpaired) electrons. The highest BCUT2D eigenvalue weighted by atomic mass is 32.2. The van der Waals surface area contributed by atoms with Gasteiger partial charge in [-0.1, -0.05) is 0 Å². The molecule has 3 heterocycles. The van der Waals surface area contributed by atoms with Crippen LogP contribution < -0.4 is 11.3 Å². The monoisotopic (exact) mass is 334 g/mol. The Labute approximate surface area is 131 Å². The van der Waals surface area contributed by atoms with Crippen LogP contribution in [0.15, 0.2) is 0 Å². The van der Waals surface area contributed by atoms with Crippen LogP contribution in [0.4, 0.5) is 0 Å². The summed E-state index contributed by atoms with van der Waals surface area (Å²) in [7, 11) is -2.85. The Balaban J connectivity index is 1.69. The van der Waals surface area contributed by atoms with Crippen molar-refractivity contribution in [2.75, 3.05) is 29.6 Å². The molecule has 3 N–H and O–H groups in total. The van der Waals surface area contributed by atoms with Crippen LogP contribution >= 0.6 is 11.8 Å². The maximum atomic E-state index is 11.7. The maximum Gasteiger partial charge on any atom is 0.150 e. The highest BCUT2D eigenvalue weighted by molar-refractivity contribution is 7.99. The molecule has 7 heteroatoms. The summed E-state index contributed by atoms with van der Waals surface area (Å²) in [5, 5.41) is 0. The van der Waals surface area contributed by atoms with Gasteiger partial charge < -0.3 is 4.74 Å². The van der Waals surface area contributed by atoms with Crippen LogP contribution in [0.3, 0.4) is 0 Å². The molecule has 0 bridgehead atoms. The molecule has 3 unspecified atom stereocenters. The molecule has 0 saturated carbocycles. The molecule has 3 rings (SSSR count). The van der Waals surface area contributed by atoms with Crippen molar-refractivity contribution in [2.24, 2.45) is 17.7 Å². The van der Waals surface area contributed by atoms with Gasteiger partial charge in [-0.3, -0.25) is 11.3 Å². The van der Waals surface area contributed by atoms with Crippen molar-refractivity contribution in [3.05, 3.63) is 0 Å². The molecule has 0 aromatic heterocycles. The van der Waals surface area contributed by atoms with Crippen molar-refractivity contribution in [2.45, 2.75) is 43.7 Å². The summed E-state index contributed by atoms with van der Waals surface area (Å²) in [6, 6.07) is 0.109. The summed E-state index contributed by atoms with van der Waals surface area (Å²) in [5.41, 5.74) is 2.98. The van der Waals surface area contributed by atoms with Gasteiger partial charge >= 0.3 is 0 Å². The number of rotatable bonds is 3. The van der Waals surface area contributed by atoms with Gasteiger partial charge in [0.1, 0.15) is 0 Å². The molecule has 3 aliphatic heterocycles. The van der Waals surface area contributed by atoms with Gasteiger partial charge in [0.2, 0.25) is 0 Å². The third-order valence-corrected chi connectivity index (χ3v) is 8.19. The van der Waals surface area contributed by atoms with Gasteiger partial charge in [-0.05, 0) is 55.4 Å². The average Bonchev–Trinajstić information content (AvgIpc) is 2.81. The summed E-state index contributed by atoms with van der Waals surface area (Å²) in [4.78, 5) is 0. The molecule has 122 valence electrons. The zero-order valence-corrected chi connectivity index (χ0v) is 14.1. The van der Waals surface area contributed by atoms with E-state index in [2.05, 4.69) is 5.43 Å². The maximum absolute atomic E-state index is 11.7. The number of ether oxygens (including phenoxy) is 1. The Morgan fingerprint density at radius 3 is 2.62 bits per heavy atom. The van der Waals surface area contributed by atoms with Crippen LogP contribution in [0.2, 0.25) is 0 Å². The first-order valence-corrected chi connectivity index (χ1v) is 10.9. The van der Waals surface area contributed by atoms with Crippen molar-refractivity contribution in [3.8, 4) is 0 Å². The lowest BCUT2D eigenvalue weighted by molar-refractivity contribution is -0.109. The fourth-order valence-electron chi connectivity index (χ4n) is 4.23. The van der Waals surface area contributed by atoms with E-state index in [1.54, 1.807) is 0 Å². The van der Waals surface area contributed by atoms with E-state index in [1.807, 2.05) is 11.8 Å². The normalized spacial score (nSPS) is 36.6. The van der Waals surface area contributed by atoms with Gasteiger partial charge in [0, 0.05) is 12.6 Å². The quantitative estimate of drug-likeness (QED) is 0.591. The van der Waals surface area contributed by atoms with Gasteiger partial charge in [0.05, 0.1) is 17.1 Å². The number of hydrazine groups is 1. The smallest absolute Gasteiger partial charge is 0.150 e. The Morgan fingerprint density at radius 1 is 1.24 bits per heavy atom. The lowest BCUT2D eigenvalue weighted by Crippen LogP contribution is -2.52. The minimum absolute atomic E-state index is 0.0285. The molecule has 0 amide bonds. The summed E-state index contributed by atoms with van der Waals surface area (Å²) in [6.45, 7) is 0.785. The third kappa shape index (κ3) is 3.58. The van der Waals surface area contributed by atoms with E-state index in [0.29, 0.717) is 17.4 Å². The van der Waals surface area contributed by atoms with Crippen LogP contribution in [0, 0.1) is 11.8 Å². The molecular weight excluding hydrogens is 308 g/mol. The van der Waals surface area contributed by atoms with Gasteiger partial charge in [-0.2, -0.15) is 11.8 Å². The van der Waals surface area contributed by atoms with Crippen LogP contribution in [0.5, 0.6) is 0 Å². The lowest BCUT2D eigenvalue weighted by Gasteiger charge is -2.46. The van der Waals surface area contributed by atoms with Crippen molar-refractivity contribution >= 4 is 21.6 Å². The van der Waals surface area contributed by atoms with Crippen molar-refractivity contribution in [1.82, 2.24) is 5.43 Å². The van der Waals surface area contributed by atoms with Gasteiger partial charge in [0.25, 0.3) is 0 Å². The molecule has 0 aromatic carbocycles. The molecule has 1 spiro atoms. The van der Waals surface area contributed by atoms with E-state index in [9.17, 15) is 8.42 Å².